The molecule has 116 valence electrons. The monoisotopic (exact) mass is 333 g/mol. The van der Waals surface area contributed by atoms with E-state index in [4.69, 9.17) is 16.0 Å². The summed E-state index contributed by atoms with van der Waals surface area (Å²) >= 11 is 5.85. The smallest absolute Gasteiger partial charge is 0.401 e. The maximum atomic E-state index is 12.3. The molecule has 0 radical (unpaired) electrons. The van der Waals surface area contributed by atoms with Crippen molar-refractivity contribution >= 4 is 41.2 Å². The van der Waals surface area contributed by atoms with Crippen LogP contribution in [0.3, 0.4) is 0 Å². The molecule has 0 unspecified atom stereocenters. The first-order valence-corrected chi connectivity index (χ1v) is 6.70. The first kappa shape index (κ1) is 14.8. The van der Waals surface area contributed by atoms with E-state index in [2.05, 4.69) is 5.32 Å². The lowest BCUT2D eigenvalue weighted by Crippen LogP contribution is -2.30. The van der Waals surface area contributed by atoms with Crippen LogP contribution in [0.25, 0.3) is 6.08 Å². The van der Waals surface area contributed by atoms with Crippen molar-refractivity contribution in [3.05, 3.63) is 63.0 Å². The number of rotatable bonds is 3. The number of benzene rings is 1. The number of nitro groups is 1. The number of amides is 3. The Labute approximate surface area is 134 Å². The van der Waals surface area contributed by atoms with Crippen LogP contribution in [0.2, 0.25) is 5.02 Å². The summed E-state index contributed by atoms with van der Waals surface area (Å²) in [6.45, 7) is 0. The highest BCUT2D eigenvalue weighted by Crippen LogP contribution is 2.25. The Morgan fingerprint density at radius 3 is 2.70 bits per heavy atom. The third-order valence-electron chi connectivity index (χ3n) is 3.02. The standard InChI is InChI=1S/C14H8ClN3O5/c15-8-2-1-3-9(6-8)17-13(19)11(16-14(17)20)7-10-4-5-12(23-10)18(21)22/h1-7H,(H,16,20)/b11-7+. The highest BCUT2D eigenvalue weighted by atomic mass is 35.5. The molecule has 1 saturated heterocycles. The molecule has 0 aliphatic carbocycles. The van der Waals surface area contributed by atoms with E-state index >= 15 is 0 Å². The van der Waals surface area contributed by atoms with Gasteiger partial charge in [-0.3, -0.25) is 14.9 Å². The van der Waals surface area contributed by atoms with Gasteiger partial charge in [0.25, 0.3) is 5.91 Å². The number of carbonyl (C=O) groups excluding carboxylic acids is 2. The lowest BCUT2D eigenvalue weighted by molar-refractivity contribution is -0.402. The van der Waals surface area contributed by atoms with Gasteiger partial charge in [-0.05, 0) is 24.3 Å². The van der Waals surface area contributed by atoms with Crippen molar-refractivity contribution in [3.63, 3.8) is 0 Å². The van der Waals surface area contributed by atoms with Crippen LogP contribution in [-0.4, -0.2) is 16.9 Å². The van der Waals surface area contributed by atoms with Crippen LogP contribution in [0.1, 0.15) is 5.76 Å². The number of carbonyl (C=O) groups is 2. The van der Waals surface area contributed by atoms with Crippen molar-refractivity contribution in [2.75, 3.05) is 4.90 Å². The highest BCUT2D eigenvalue weighted by molar-refractivity contribution is 6.32. The van der Waals surface area contributed by atoms with E-state index in [-0.39, 0.29) is 11.5 Å². The lowest BCUT2D eigenvalue weighted by atomic mass is 10.3. The van der Waals surface area contributed by atoms with Gasteiger partial charge in [0.2, 0.25) is 0 Å². The predicted octanol–water partition coefficient (Wildman–Crippen LogP) is 2.94. The number of imide groups is 1. The molecule has 3 rings (SSSR count). The van der Waals surface area contributed by atoms with Crippen LogP contribution in [0.4, 0.5) is 16.4 Å². The Hall–Kier alpha value is -3.13. The zero-order valence-electron chi connectivity index (χ0n) is 11.4. The van der Waals surface area contributed by atoms with Gasteiger partial charge in [-0.1, -0.05) is 17.7 Å². The van der Waals surface area contributed by atoms with E-state index in [1.807, 2.05) is 0 Å². The van der Waals surface area contributed by atoms with Crippen molar-refractivity contribution in [2.45, 2.75) is 0 Å². The van der Waals surface area contributed by atoms with Crippen LogP contribution < -0.4 is 10.2 Å². The van der Waals surface area contributed by atoms with Crippen LogP contribution in [0, 0.1) is 10.1 Å². The van der Waals surface area contributed by atoms with Gasteiger partial charge in [-0.2, -0.15) is 0 Å². The lowest BCUT2D eigenvalue weighted by Gasteiger charge is -2.11. The molecule has 0 spiro atoms. The quantitative estimate of drug-likeness (QED) is 0.402. The first-order chi connectivity index (χ1) is 11.0. The molecule has 2 aromatic rings. The minimum Gasteiger partial charge on any atom is -0.401 e. The van der Waals surface area contributed by atoms with Crippen molar-refractivity contribution in [1.29, 1.82) is 0 Å². The third-order valence-corrected chi connectivity index (χ3v) is 3.26. The predicted molar refractivity (Wildman–Crippen MR) is 80.8 cm³/mol. The van der Waals surface area contributed by atoms with Crippen molar-refractivity contribution < 1.29 is 18.9 Å². The molecule has 1 aromatic heterocycles. The van der Waals surface area contributed by atoms with Crippen LogP contribution in [0.5, 0.6) is 0 Å². The number of anilines is 1. The van der Waals surface area contributed by atoms with Gasteiger partial charge in [-0.15, -0.1) is 0 Å². The van der Waals surface area contributed by atoms with E-state index in [1.54, 1.807) is 18.2 Å². The van der Waals surface area contributed by atoms with Gasteiger partial charge < -0.3 is 9.73 Å². The molecule has 23 heavy (non-hydrogen) atoms. The number of nitrogens with zero attached hydrogens (tertiary/aromatic N) is 2. The fraction of sp³-hybridized carbons (Fsp3) is 0. The second-order valence-electron chi connectivity index (χ2n) is 4.54. The average Bonchev–Trinajstić information content (AvgIpc) is 3.05. The minimum absolute atomic E-state index is 0.0563. The Bertz CT molecular complexity index is 858. The van der Waals surface area contributed by atoms with E-state index < -0.39 is 22.7 Å². The van der Waals surface area contributed by atoms with Gasteiger partial charge in [0.1, 0.15) is 16.4 Å². The van der Waals surface area contributed by atoms with E-state index in [9.17, 15) is 19.7 Å². The molecule has 3 amide bonds. The van der Waals surface area contributed by atoms with Crippen molar-refractivity contribution in [1.82, 2.24) is 5.32 Å². The average molecular weight is 334 g/mol. The number of halogens is 1. The summed E-state index contributed by atoms with van der Waals surface area (Å²) in [7, 11) is 0. The van der Waals surface area contributed by atoms with Crippen LogP contribution in [-0.2, 0) is 4.79 Å². The summed E-state index contributed by atoms with van der Waals surface area (Å²) in [4.78, 5) is 35.1. The molecule has 0 saturated carbocycles. The fourth-order valence-electron chi connectivity index (χ4n) is 2.04. The minimum atomic E-state index is -0.699. The summed E-state index contributed by atoms with van der Waals surface area (Å²) < 4.78 is 4.93. The summed E-state index contributed by atoms with van der Waals surface area (Å²) in [5.41, 5.74) is 0.257. The van der Waals surface area contributed by atoms with Gasteiger partial charge in [0.05, 0.1) is 11.8 Å². The zero-order chi connectivity index (χ0) is 16.6. The van der Waals surface area contributed by atoms with Crippen LogP contribution >= 0.6 is 11.6 Å². The normalized spacial score (nSPS) is 16.0. The van der Waals surface area contributed by atoms with E-state index in [0.717, 1.165) is 11.0 Å². The molecule has 2 heterocycles. The molecule has 1 aliphatic heterocycles. The van der Waals surface area contributed by atoms with Crippen molar-refractivity contribution in [2.24, 2.45) is 0 Å². The number of furan rings is 1. The summed E-state index contributed by atoms with van der Waals surface area (Å²) in [6.07, 6.45) is 1.22. The number of nitrogens with one attached hydrogen (secondary N) is 1. The van der Waals surface area contributed by atoms with Crippen molar-refractivity contribution in [3.8, 4) is 0 Å². The molecule has 1 aliphatic rings. The maximum absolute atomic E-state index is 12.3. The largest absolute Gasteiger partial charge is 0.433 e. The molecule has 1 fully saturated rings. The molecular formula is C14H8ClN3O5. The SMILES string of the molecule is O=C1N/C(=C/c2ccc([N+](=O)[O-])o2)C(=O)N1c1cccc(Cl)c1. The summed E-state index contributed by atoms with van der Waals surface area (Å²) in [5.74, 6) is -0.995. The Kier molecular flexibility index (Phi) is 3.59. The summed E-state index contributed by atoms with van der Waals surface area (Å²) in [6, 6.07) is 8.08. The highest BCUT2D eigenvalue weighted by Gasteiger charge is 2.35. The number of hydrogen-bond donors (Lipinski definition) is 1. The first-order valence-electron chi connectivity index (χ1n) is 6.32. The molecule has 0 bridgehead atoms. The second kappa shape index (κ2) is 5.58. The molecule has 1 aromatic carbocycles. The third kappa shape index (κ3) is 2.79. The molecule has 0 atom stereocenters. The Morgan fingerprint density at radius 2 is 2.04 bits per heavy atom. The molecule has 1 N–H and O–H groups in total. The molecule has 8 nitrogen and oxygen atoms in total. The van der Waals surface area contributed by atoms with Gasteiger partial charge >= 0.3 is 11.9 Å². The number of hydrogen-bond acceptors (Lipinski definition) is 5. The molecule has 9 heteroatoms. The fourth-order valence-corrected chi connectivity index (χ4v) is 2.23. The number of urea groups is 1. The zero-order valence-corrected chi connectivity index (χ0v) is 12.1. The maximum Gasteiger partial charge on any atom is 0.433 e. The summed E-state index contributed by atoms with van der Waals surface area (Å²) in [5, 5.41) is 13.3. The van der Waals surface area contributed by atoms with Crippen LogP contribution in [0.15, 0.2) is 46.5 Å². The topological polar surface area (TPSA) is 106 Å². The van der Waals surface area contributed by atoms with Gasteiger partial charge in [0, 0.05) is 11.1 Å². The van der Waals surface area contributed by atoms with Gasteiger partial charge in [-0.25, -0.2) is 9.69 Å². The van der Waals surface area contributed by atoms with E-state index in [1.165, 1.54) is 18.2 Å². The Morgan fingerprint density at radius 1 is 1.26 bits per heavy atom. The Balaban J connectivity index is 1.91. The second-order valence-corrected chi connectivity index (χ2v) is 4.98. The van der Waals surface area contributed by atoms with Gasteiger partial charge in [0.15, 0.2) is 0 Å². The van der Waals surface area contributed by atoms with E-state index in [0.29, 0.717) is 10.7 Å². The molecular weight excluding hydrogens is 326 g/mol.